The maximum absolute atomic E-state index is 2.38. The van der Waals surface area contributed by atoms with Crippen LogP contribution in [0.1, 0.15) is 19.8 Å². The van der Waals surface area contributed by atoms with E-state index in [2.05, 4.69) is 37.3 Å². The van der Waals surface area contributed by atoms with Crippen molar-refractivity contribution in [1.82, 2.24) is 0 Å². The summed E-state index contributed by atoms with van der Waals surface area (Å²) >= 11 is 0. The molecule has 0 fully saturated rings. The quantitative estimate of drug-likeness (QED) is 0.492. The van der Waals surface area contributed by atoms with Gasteiger partial charge >= 0.3 is 0 Å². The number of hydrogen-bond acceptors (Lipinski definition) is 0. The maximum atomic E-state index is 2.38. The van der Waals surface area contributed by atoms with Crippen molar-refractivity contribution in [2.24, 2.45) is 11.8 Å². The molecule has 2 aliphatic carbocycles. The zero-order valence-corrected chi connectivity index (χ0v) is 6.96. The normalized spacial score (nSPS) is 34.8. The average Bonchev–Trinajstić information content (AvgIpc) is 2.06. The van der Waals surface area contributed by atoms with Gasteiger partial charge in [0.15, 0.2) is 0 Å². The first-order valence-electron chi connectivity index (χ1n) is 4.43. The molecule has 2 rings (SSSR count). The second kappa shape index (κ2) is 2.69. The van der Waals surface area contributed by atoms with E-state index in [1.165, 1.54) is 18.4 Å². The molecular weight excluding hydrogens is 132 g/mol. The Labute approximate surface area is 68.3 Å². The Hall–Kier alpha value is -0.780. The predicted octanol–water partition coefficient (Wildman–Crippen LogP) is 3.08. The summed E-state index contributed by atoms with van der Waals surface area (Å²) in [4.78, 5) is 0. The van der Waals surface area contributed by atoms with Gasteiger partial charge in [-0.1, -0.05) is 37.3 Å². The van der Waals surface area contributed by atoms with Crippen LogP contribution in [0.2, 0.25) is 0 Å². The molecule has 0 saturated heterocycles. The van der Waals surface area contributed by atoms with Gasteiger partial charge in [-0.05, 0) is 24.3 Å². The molecule has 0 amide bonds. The predicted molar refractivity (Wildman–Crippen MR) is 48.3 cm³/mol. The summed E-state index contributed by atoms with van der Waals surface area (Å²) in [7, 11) is 0. The van der Waals surface area contributed by atoms with Crippen molar-refractivity contribution in [3.8, 4) is 0 Å². The summed E-state index contributed by atoms with van der Waals surface area (Å²) in [6, 6.07) is 0. The lowest BCUT2D eigenvalue weighted by Gasteiger charge is -2.27. The molecule has 0 saturated carbocycles. The standard InChI is InChI=1S/C11H14/c1-9-5-4-7-10-6-2-3-8-11(9)10/h2-3,6-9,11H,4-5H2,1H3. The lowest BCUT2D eigenvalue weighted by Crippen LogP contribution is -2.16. The zero-order chi connectivity index (χ0) is 7.68. The minimum Gasteiger partial charge on any atom is -0.0807 e. The van der Waals surface area contributed by atoms with Gasteiger partial charge in [-0.15, -0.1) is 0 Å². The van der Waals surface area contributed by atoms with Crippen molar-refractivity contribution in [2.45, 2.75) is 19.8 Å². The maximum Gasteiger partial charge on any atom is 0.00436 e. The fourth-order valence-corrected chi connectivity index (χ4v) is 1.99. The van der Waals surface area contributed by atoms with Crippen LogP contribution in [0.15, 0.2) is 36.0 Å². The largest absolute Gasteiger partial charge is 0.0807 e. The molecule has 0 aromatic heterocycles. The molecule has 0 aliphatic heterocycles. The third-order valence-corrected chi connectivity index (χ3v) is 2.72. The molecule has 2 aliphatic rings. The van der Waals surface area contributed by atoms with Crippen LogP contribution in [0.5, 0.6) is 0 Å². The van der Waals surface area contributed by atoms with Crippen molar-refractivity contribution >= 4 is 0 Å². The molecule has 0 heteroatoms. The van der Waals surface area contributed by atoms with Crippen LogP contribution < -0.4 is 0 Å². The van der Waals surface area contributed by atoms with Gasteiger partial charge in [0.25, 0.3) is 0 Å². The number of fused-ring (bicyclic) bond motifs is 1. The molecule has 0 aromatic rings. The molecule has 0 bridgehead atoms. The molecule has 2 atom stereocenters. The van der Waals surface area contributed by atoms with Gasteiger partial charge < -0.3 is 0 Å². The molecule has 0 N–H and O–H groups in total. The summed E-state index contributed by atoms with van der Waals surface area (Å²) in [5.74, 6) is 1.56. The van der Waals surface area contributed by atoms with Gasteiger partial charge in [-0.2, -0.15) is 0 Å². The van der Waals surface area contributed by atoms with Crippen LogP contribution in [-0.4, -0.2) is 0 Å². The summed E-state index contributed by atoms with van der Waals surface area (Å²) in [6.07, 6.45) is 13.9. The number of hydrogen-bond donors (Lipinski definition) is 0. The van der Waals surface area contributed by atoms with E-state index in [0.29, 0.717) is 5.92 Å². The van der Waals surface area contributed by atoms with Crippen LogP contribution in [0.4, 0.5) is 0 Å². The first kappa shape index (κ1) is 6.90. The van der Waals surface area contributed by atoms with Crippen molar-refractivity contribution in [3.63, 3.8) is 0 Å². The van der Waals surface area contributed by atoms with E-state index in [0.717, 1.165) is 5.92 Å². The Morgan fingerprint density at radius 1 is 1.36 bits per heavy atom. The lowest BCUT2D eigenvalue weighted by atomic mass is 9.78. The molecule has 0 aromatic carbocycles. The fraction of sp³-hybridized carbons (Fsp3) is 0.455. The highest BCUT2D eigenvalue weighted by Crippen LogP contribution is 2.33. The summed E-state index contributed by atoms with van der Waals surface area (Å²) in [6.45, 7) is 2.35. The topological polar surface area (TPSA) is 0 Å². The highest BCUT2D eigenvalue weighted by Gasteiger charge is 2.21. The zero-order valence-electron chi connectivity index (χ0n) is 6.96. The number of allylic oxidation sites excluding steroid dienone is 6. The Morgan fingerprint density at radius 2 is 2.27 bits per heavy atom. The summed E-state index contributed by atoms with van der Waals surface area (Å²) in [5, 5.41) is 0. The van der Waals surface area contributed by atoms with Crippen LogP contribution >= 0.6 is 0 Å². The summed E-state index contributed by atoms with van der Waals surface area (Å²) in [5.41, 5.74) is 1.53. The van der Waals surface area contributed by atoms with Gasteiger partial charge in [-0.25, -0.2) is 0 Å². The Balaban J connectivity index is 2.29. The molecule has 11 heavy (non-hydrogen) atoms. The van der Waals surface area contributed by atoms with Gasteiger partial charge in [0, 0.05) is 5.92 Å². The van der Waals surface area contributed by atoms with E-state index in [-0.39, 0.29) is 0 Å². The third-order valence-electron chi connectivity index (χ3n) is 2.72. The van der Waals surface area contributed by atoms with Crippen molar-refractivity contribution in [3.05, 3.63) is 36.0 Å². The molecular formula is C11H14. The second-order valence-electron chi connectivity index (χ2n) is 3.53. The fourth-order valence-electron chi connectivity index (χ4n) is 1.99. The summed E-state index contributed by atoms with van der Waals surface area (Å²) < 4.78 is 0. The van der Waals surface area contributed by atoms with Gasteiger partial charge in [-0.3, -0.25) is 0 Å². The molecule has 0 heterocycles. The van der Waals surface area contributed by atoms with E-state index in [9.17, 15) is 0 Å². The minimum atomic E-state index is 0.716. The van der Waals surface area contributed by atoms with Crippen LogP contribution in [-0.2, 0) is 0 Å². The van der Waals surface area contributed by atoms with E-state index in [4.69, 9.17) is 0 Å². The van der Waals surface area contributed by atoms with Gasteiger partial charge in [0.1, 0.15) is 0 Å². The smallest absolute Gasteiger partial charge is 0.00436 e. The van der Waals surface area contributed by atoms with Crippen LogP contribution in [0.3, 0.4) is 0 Å². The number of rotatable bonds is 0. The highest BCUT2D eigenvalue weighted by molar-refractivity contribution is 5.34. The monoisotopic (exact) mass is 146 g/mol. The second-order valence-corrected chi connectivity index (χ2v) is 3.53. The lowest BCUT2D eigenvalue weighted by molar-refractivity contribution is 0.431. The Bertz CT molecular complexity index is 230. The Morgan fingerprint density at radius 3 is 3.09 bits per heavy atom. The molecule has 2 unspecified atom stereocenters. The average molecular weight is 146 g/mol. The van der Waals surface area contributed by atoms with E-state index in [1.807, 2.05) is 0 Å². The Kier molecular flexibility index (Phi) is 1.69. The van der Waals surface area contributed by atoms with Crippen molar-refractivity contribution in [2.75, 3.05) is 0 Å². The SMILES string of the molecule is CC1CCC=C2C=CC=CC21. The van der Waals surface area contributed by atoms with Crippen LogP contribution in [0, 0.1) is 11.8 Å². The van der Waals surface area contributed by atoms with E-state index in [1.54, 1.807) is 0 Å². The molecule has 0 radical (unpaired) electrons. The first-order valence-corrected chi connectivity index (χ1v) is 4.43. The van der Waals surface area contributed by atoms with Crippen LogP contribution in [0.25, 0.3) is 0 Å². The van der Waals surface area contributed by atoms with E-state index < -0.39 is 0 Å². The van der Waals surface area contributed by atoms with E-state index >= 15 is 0 Å². The molecule has 58 valence electrons. The van der Waals surface area contributed by atoms with Gasteiger partial charge in [0.2, 0.25) is 0 Å². The first-order chi connectivity index (χ1) is 5.38. The molecule has 0 nitrogen and oxygen atoms in total. The highest BCUT2D eigenvalue weighted by atomic mass is 14.3. The third kappa shape index (κ3) is 1.18. The van der Waals surface area contributed by atoms with Gasteiger partial charge in [0.05, 0.1) is 0 Å². The van der Waals surface area contributed by atoms with Crippen molar-refractivity contribution < 1.29 is 0 Å². The van der Waals surface area contributed by atoms with Crippen molar-refractivity contribution in [1.29, 1.82) is 0 Å². The molecule has 0 spiro atoms. The minimum absolute atomic E-state index is 0.716.